The Labute approximate surface area is 80.7 Å². The summed E-state index contributed by atoms with van der Waals surface area (Å²) in [5.41, 5.74) is 0. The van der Waals surface area contributed by atoms with Gasteiger partial charge in [0, 0.05) is 18.3 Å². The van der Waals surface area contributed by atoms with Gasteiger partial charge >= 0.3 is 0 Å². The van der Waals surface area contributed by atoms with Crippen LogP contribution >= 0.6 is 0 Å². The third-order valence-electron chi connectivity index (χ3n) is 2.29. The van der Waals surface area contributed by atoms with Gasteiger partial charge in [-0.05, 0) is 21.8 Å². The lowest BCUT2D eigenvalue weighted by Gasteiger charge is -2.35. The zero-order valence-electron chi connectivity index (χ0n) is 8.89. The maximum absolute atomic E-state index is 2.85. The first kappa shape index (κ1) is 11.8. The van der Waals surface area contributed by atoms with E-state index < -0.39 is 0 Å². The van der Waals surface area contributed by atoms with Crippen molar-refractivity contribution in [2.24, 2.45) is 0 Å². The van der Waals surface area contributed by atoms with Crippen LogP contribution in [0.15, 0.2) is 0 Å². The molecule has 11 heavy (non-hydrogen) atoms. The van der Waals surface area contributed by atoms with Crippen molar-refractivity contribution in [3.8, 4) is 0 Å². The predicted molar refractivity (Wildman–Crippen MR) is 67.7 cm³/mol. The molecule has 0 aromatic carbocycles. The van der Waals surface area contributed by atoms with Gasteiger partial charge in [-0.3, -0.25) is 0 Å². The van der Waals surface area contributed by atoms with Crippen molar-refractivity contribution in [2.45, 2.75) is 39.8 Å². The molecule has 1 unspecified atom stereocenters. The summed E-state index contributed by atoms with van der Waals surface area (Å²) >= 11 is 0. The van der Waals surface area contributed by atoms with Crippen molar-refractivity contribution in [2.75, 3.05) is 0 Å². The average molecular weight is 222 g/mol. The van der Waals surface area contributed by atoms with Crippen LogP contribution in [-0.2, 0) is 0 Å². The average Bonchev–Trinajstić information content (AvgIpc) is 1.85. The molecule has 68 valence electrons. The molecule has 0 saturated carbocycles. The molecule has 0 aliphatic heterocycles. The summed E-state index contributed by atoms with van der Waals surface area (Å²) in [4.78, 5) is 0. The molecular formula is C6H23NSi4. The molecule has 5 heteroatoms. The van der Waals surface area contributed by atoms with Gasteiger partial charge in [0.2, 0.25) is 0 Å². The van der Waals surface area contributed by atoms with Gasteiger partial charge in [-0.2, -0.15) is 0 Å². The second-order valence-corrected chi connectivity index (χ2v) is 29.2. The van der Waals surface area contributed by atoms with Gasteiger partial charge in [0.1, 0.15) is 0 Å². The highest BCUT2D eigenvalue weighted by Gasteiger charge is 2.18. The topological polar surface area (TPSA) is 3.24 Å². The Morgan fingerprint density at radius 1 is 1.18 bits per heavy atom. The number of hydrogen-bond donors (Lipinski definition) is 0. The maximum atomic E-state index is 2.85. The van der Waals surface area contributed by atoms with Crippen LogP contribution in [0, 0.1) is 0 Å². The van der Waals surface area contributed by atoms with Crippen molar-refractivity contribution in [1.82, 2.24) is 4.57 Å². The summed E-state index contributed by atoms with van der Waals surface area (Å²) in [6, 6.07) is 1.65. The van der Waals surface area contributed by atoms with E-state index in [4.69, 9.17) is 0 Å². The number of rotatable bonds is 4. The smallest absolute Gasteiger partial charge is 0.0738 e. The van der Waals surface area contributed by atoms with Gasteiger partial charge in [0.25, 0.3) is 0 Å². The van der Waals surface area contributed by atoms with Gasteiger partial charge in [-0.1, -0.05) is 27.7 Å². The summed E-state index contributed by atoms with van der Waals surface area (Å²) in [5.74, 6) is 0. The Bertz CT molecular complexity index is 98.8. The predicted octanol–water partition coefficient (Wildman–Crippen LogP) is -2.36. The fourth-order valence-electron chi connectivity index (χ4n) is 1.83. The van der Waals surface area contributed by atoms with Crippen molar-refractivity contribution in [1.29, 1.82) is 0 Å². The molecule has 0 N–H and O–H groups in total. The molecule has 0 heterocycles. The lowest BCUT2D eigenvalue weighted by Crippen LogP contribution is -2.52. The molecular weight excluding hydrogens is 198 g/mol. The third-order valence-corrected chi connectivity index (χ3v) is 45.0. The second-order valence-electron chi connectivity index (χ2n) is 3.89. The third kappa shape index (κ3) is 3.84. The molecule has 1 nitrogen and oxygen atoms in total. The minimum Gasteiger partial charge on any atom is -0.328 e. The van der Waals surface area contributed by atoms with E-state index in [2.05, 4.69) is 32.3 Å². The van der Waals surface area contributed by atoms with Crippen LogP contribution in [0.25, 0.3) is 0 Å². The van der Waals surface area contributed by atoms with E-state index in [0.717, 1.165) is 12.1 Å². The molecule has 0 amide bonds. The summed E-state index contributed by atoms with van der Waals surface area (Å²) in [5, 5.41) is 0. The maximum Gasteiger partial charge on any atom is 0.0738 e. The Kier molecular flexibility index (Phi) is 5.88. The Hall–Kier alpha value is 0.828. The van der Waals surface area contributed by atoms with Gasteiger partial charge in [-0.25, -0.2) is 0 Å². The number of hydrogen-bond acceptors (Lipinski definition) is 1. The van der Waals surface area contributed by atoms with E-state index >= 15 is 0 Å². The van der Waals surface area contributed by atoms with Crippen LogP contribution in [0.5, 0.6) is 0 Å². The van der Waals surface area contributed by atoms with Crippen LogP contribution in [0.2, 0.25) is 0 Å². The fraction of sp³-hybridized carbons (Fsp3) is 1.00. The first-order valence-electron chi connectivity index (χ1n) is 4.78. The Morgan fingerprint density at radius 3 is 1.64 bits per heavy atom. The highest BCUT2D eigenvalue weighted by atomic mass is 29.7. The normalized spacial score (nSPS) is 16.6. The van der Waals surface area contributed by atoms with Crippen LogP contribution < -0.4 is 0 Å². The minimum absolute atomic E-state index is 0.239. The largest absolute Gasteiger partial charge is 0.328 e. The molecule has 0 spiro atoms. The van der Waals surface area contributed by atoms with Crippen LogP contribution in [0.3, 0.4) is 0 Å². The van der Waals surface area contributed by atoms with Gasteiger partial charge in [0.05, 0.1) is 7.99 Å². The van der Waals surface area contributed by atoms with Crippen molar-refractivity contribution in [3.63, 3.8) is 0 Å². The molecule has 0 aliphatic carbocycles. The van der Waals surface area contributed by atoms with Crippen LogP contribution in [0.4, 0.5) is 0 Å². The van der Waals surface area contributed by atoms with Crippen LogP contribution in [-0.4, -0.2) is 52.7 Å². The highest BCUT2D eigenvalue weighted by Crippen LogP contribution is 2.04. The first-order chi connectivity index (χ1) is 5.00. The van der Waals surface area contributed by atoms with Crippen molar-refractivity contribution < 1.29 is 0 Å². The first-order valence-corrected chi connectivity index (χ1v) is 18.8. The molecule has 0 bridgehead atoms. The summed E-state index contributed by atoms with van der Waals surface area (Å²) < 4.78 is 2.85. The molecule has 0 fully saturated rings. The highest BCUT2D eigenvalue weighted by molar-refractivity contribution is 7.45. The summed E-state index contributed by atoms with van der Waals surface area (Å²) in [7, 11) is 3.32. The van der Waals surface area contributed by atoms with E-state index in [0.29, 0.717) is 8.55 Å². The van der Waals surface area contributed by atoms with Crippen molar-refractivity contribution >= 4 is 36.1 Å². The molecule has 0 aromatic rings. The standard InChI is InChI=1S/C6H23NSi4/c1-5(2)7(6(3)4)11(9)10-8/h5-6,11H,10H2,1-4,8-9H3. The Balaban J connectivity index is 4.09. The molecule has 0 rings (SSSR count). The zero-order chi connectivity index (χ0) is 9.02. The molecule has 0 saturated heterocycles. The molecule has 0 radical (unpaired) electrons. The van der Waals surface area contributed by atoms with E-state index in [1.165, 1.54) is 9.76 Å². The second kappa shape index (κ2) is 5.47. The molecule has 0 aliphatic rings. The fourth-order valence-corrected chi connectivity index (χ4v) is 15.4. The van der Waals surface area contributed by atoms with E-state index in [-0.39, 0.29) is 7.99 Å². The van der Waals surface area contributed by atoms with Gasteiger partial charge in [0.15, 0.2) is 0 Å². The zero-order valence-corrected chi connectivity index (χ0v) is 15.5. The molecule has 0 aromatic heterocycles. The Morgan fingerprint density at radius 2 is 1.55 bits per heavy atom. The van der Waals surface area contributed by atoms with E-state index in [1.807, 2.05) is 0 Å². The lowest BCUT2D eigenvalue weighted by molar-refractivity contribution is 0.314. The van der Waals surface area contributed by atoms with Gasteiger partial charge in [-0.15, -0.1) is 0 Å². The monoisotopic (exact) mass is 221 g/mol. The number of nitrogens with zero attached hydrogens (tertiary/aromatic N) is 1. The lowest BCUT2D eigenvalue weighted by atomic mass is 10.3. The SMILES string of the molecule is CC(C)N(C(C)C)[SiH]([SiH3])[SiH2][SiH3]. The van der Waals surface area contributed by atoms with E-state index in [9.17, 15) is 0 Å². The van der Waals surface area contributed by atoms with Crippen molar-refractivity contribution in [3.05, 3.63) is 0 Å². The molecule has 1 atom stereocenters. The summed E-state index contributed by atoms with van der Waals surface area (Å²) in [6.07, 6.45) is 0. The van der Waals surface area contributed by atoms with Crippen LogP contribution in [0.1, 0.15) is 27.7 Å². The van der Waals surface area contributed by atoms with E-state index in [1.54, 1.807) is 9.76 Å². The minimum atomic E-state index is -0.239. The van der Waals surface area contributed by atoms with Gasteiger partial charge < -0.3 is 4.57 Å². The summed E-state index contributed by atoms with van der Waals surface area (Å²) in [6.45, 7) is 9.46. The quantitative estimate of drug-likeness (QED) is 0.480.